The molecule has 174 valence electrons. The van der Waals surface area contributed by atoms with Crippen LogP contribution in [0.2, 0.25) is 0 Å². The van der Waals surface area contributed by atoms with Gasteiger partial charge in [0, 0.05) is 25.8 Å². The van der Waals surface area contributed by atoms with Crippen molar-refractivity contribution >= 4 is 27.3 Å². The molecule has 1 amide bonds. The number of piperidine rings is 1. The lowest BCUT2D eigenvalue weighted by Gasteiger charge is -2.33. The van der Waals surface area contributed by atoms with E-state index in [2.05, 4.69) is 41.4 Å². The van der Waals surface area contributed by atoms with E-state index in [4.69, 9.17) is 4.74 Å². The maximum absolute atomic E-state index is 12.3. The Morgan fingerprint density at radius 1 is 1.19 bits per heavy atom. The Morgan fingerprint density at radius 3 is 2.44 bits per heavy atom. The zero-order chi connectivity index (χ0) is 23.3. The maximum Gasteiger partial charge on any atom is 0.258 e. The van der Waals surface area contributed by atoms with Crippen molar-refractivity contribution < 1.29 is 17.9 Å². The van der Waals surface area contributed by atoms with Crippen molar-refractivity contribution in [2.24, 2.45) is 5.92 Å². The molecule has 0 bridgehead atoms. The number of anilines is 2. The molecule has 7 nitrogen and oxygen atoms in total. The van der Waals surface area contributed by atoms with Crippen LogP contribution in [0.25, 0.3) is 0 Å². The van der Waals surface area contributed by atoms with E-state index in [9.17, 15) is 13.2 Å². The molecule has 1 aliphatic rings. The molecule has 1 heterocycles. The number of rotatable bonds is 8. The minimum absolute atomic E-state index is 0.116. The van der Waals surface area contributed by atoms with Gasteiger partial charge in [-0.1, -0.05) is 19.1 Å². The third-order valence-corrected chi connectivity index (χ3v) is 7.07. The highest BCUT2D eigenvalue weighted by Gasteiger charge is 2.17. The zero-order valence-corrected chi connectivity index (χ0v) is 20.1. The van der Waals surface area contributed by atoms with Crippen LogP contribution in [0.5, 0.6) is 5.75 Å². The highest BCUT2D eigenvalue weighted by molar-refractivity contribution is 7.92. The van der Waals surface area contributed by atoms with Crippen LogP contribution in [-0.2, 0) is 14.8 Å². The molecule has 0 saturated carbocycles. The summed E-state index contributed by atoms with van der Waals surface area (Å²) in [5.41, 5.74) is 2.80. The van der Waals surface area contributed by atoms with Crippen molar-refractivity contribution in [3.05, 3.63) is 54.1 Å². The molecule has 1 N–H and O–H groups in total. The van der Waals surface area contributed by atoms with Gasteiger partial charge in [0.2, 0.25) is 10.0 Å². The molecular weight excluding hydrogens is 426 g/mol. The predicted molar refractivity (Wildman–Crippen MR) is 129 cm³/mol. The molecule has 1 saturated heterocycles. The van der Waals surface area contributed by atoms with Crippen LogP contribution in [-0.4, -0.2) is 47.3 Å². The second kappa shape index (κ2) is 10.3. The summed E-state index contributed by atoms with van der Waals surface area (Å²) in [6, 6.07) is 14.8. The van der Waals surface area contributed by atoms with Crippen LogP contribution in [0.15, 0.2) is 48.5 Å². The Hall–Kier alpha value is -2.74. The monoisotopic (exact) mass is 459 g/mol. The van der Waals surface area contributed by atoms with Crippen molar-refractivity contribution in [2.45, 2.75) is 32.7 Å². The molecule has 0 radical (unpaired) electrons. The number of nitrogens with zero attached hydrogens (tertiary/aromatic N) is 2. The number of hydrogen-bond acceptors (Lipinski definition) is 5. The smallest absolute Gasteiger partial charge is 0.258 e. The molecule has 2 atom stereocenters. The number of hydrogen-bond donors (Lipinski definition) is 1. The fourth-order valence-electron chi connectivity index (χ4n) is 3.86. The van der Waals surface area contributed by atoms with Crippen LogP contribution in [0.4, 0.5) is 11.4 Å². The first-order chi connectivity index (χ1) is 15.1. The summed E-state index contributed by atoms with van der Waals surface area (Å²) in [7, 11) is -1.83. The van der Waals surface area contributed by atoms with Gasteiger partial charge in [-0.3, -0.25) is 9.10 Å². The lowest BCUT2D eigenvalue weighted by atomic mass is 9.99. The topological polar surface area (TPSA) is 79.0 Å². The average molecular weight is 460 g/mol. The fraction of sp³-hybridized carbons (Fsp3) is 0.458. The Bertz CT molecular complexity index is 1010. The molecule has 0 spiro atoms. The van der Waals surface area contributed by atoms with Crippen molar-refractivity contribution in [3.63, 3.8) is 0 Å². The van der Waals surface area contributed by atoms with Gasteiger partial charge in [-0.15, -0.1) is 0 Å². The summed E-state index contributed by atoms with van der Waals surface area (Å²) in [5.74, 6) is 1.00. The third kappa shape index (κ3) is 6.38. The zero-order valence-electron chi connectivity index (χ0n) is 19.2. The minimum atomic E-state index is -3.32. The van der Waals surface area contributed by atoms with E-state index in [0.717, 1.165) is 30.8 Å². The van der Waals surface area contributed by atoms with E-state index in [0.29, 0.717) is 11.4 Å². The molecule has 2 aromatic carbocycles. The number of ether oxygens (including phenoxy) is 1. The first-order valence-corrected chi connectivity index (χ1v) is 12.8. The summed E-state index contributed by atoms with van der Waals surface area (Å²) in [6.07, 6.45) is 3.67. The van der Waals surface area contributed by atoms with Gasteiger partial charge >= 0.3 is 0 Å². The van der Waals surface area contributed by atoms with E-state index in [1.54, 1.807) is 24.3 Å². The SMILES string of the molecule is C[C@H]1CCCN(c2ccc([C@H](C)NC(=O)COc3ccc(N(C)S(C)(=O)=O)cc3)cc2)C1. The van der Waals surface area contributed by atoms with Gasteiger partial charge in [0.25, 0.3) is 5.91 Å². The summed E-state index contributed by atoms with van der Waals surface area (Å²) in [6.45, 7) is 6.32. The van der Waals surface area contributed by atoms with E-state index < -0.39 is 10.0 Å². The molecular formula is C24H33N3O4S. The minimum Gasteiger partial charge on any atom is -0.484 e. The second-order valence-electron chi connectivity index (χ2n) is 8.59. The average Bonchev–Trinajstić information content (AvgIpc) is 2.77. The van der Waals surface area contributed by atoms with Gasteiger partial charge in [-0.05, 0) is 67.6 Å². The third-order valence-electron chi connectivity index (χ3n) is 5.86. The molecule has 0 aromatic heterocycles. The first kappa shape index (κ1) is 23.9. The summed E-state index contributed by atoms with van der Waals surface area (Å²) >= 11 is 0. The number of carbonyl (C=O) groups is 1. The normalized spacial score (nSPS) is 17.5. The predicted octanol–water partition coefficient (Wildman–Crippen LogP) is 3.57. The van der Waals surface area contributed by atoms with Crippen LogP contribution in [0.1, 0.15) is 38.3 Å². The fourth-order valence-corrected chi connectivity index (χ4v) is 4.36. The van der Waals surface area contributed by atoms with E-state index in [-0.39, 0.29) is 18.6 Å². The molecule has 8 heteroatoms. The maximum atomic E-state index is 12.3. The highest BCUT2D eigenvalue weighted by atomic mass is 32.2. The van der Waals surface area contributed by atoms with Crippen molar-refractivity contribution in [1.29, 1.82) is 0 Å². The Labute approximate surface area is 191 Å². The van der Waals surface area contributed by atoms with Gasteiger partial charge in [0.15, 0.2) is 6.61 Å². The molecule has 0 unspecified atom stereocenters. The summed E-state index contributed by atoms with van der Waals surface area (Å²) in [5, 5.41) is 2.96. The Balaban J connectivity index is 1.49. The first-order valence-electron chi connectivity index (χ1n) is 10.9. The molecule has 32 heavy (non-hydrogen) atoms. The summed E-state index contributed by atoms with van der Waals surface area (Å²) < 4.78 is 29.9. The molecule has 0 aliphatic carbocycles. The lowest BCUT2D eigenvalue weighted by molar-refractivity contribution is -0.123. The van der Waals surface area contributed by atoms with Crippen molar-refractivity contribution in [2.75, 3.05) is 42.2 Å². The Morgan fingerprint density at radius 2 is 1.84 bits per heavy atom. The van der Waals surface area contributed by atoms with E-state index in [1.165, 1.54) is 29.9 Å². The van der Waals surface area contributed by atoms with Crippen molar-refractivity contribution in [3.8, 4) is 5.75 Å². The van der Waals surface area contributed by atoms with Crippen LogP contribution < -0.4 is 19.3 Å². The number of benzene rings is 2. The van der Waals surface area contributed by atoms with Gasteiger partial charge in [-0.25, -0.2) is 8.42 Å². The second-order valence-corrected chi connectivity index (χ2v) is 10.6. The number of nitrogens with one attached hydrogen (secondary N) is 1. The number of carbonyl (C=O) groups excluding carboxylic acids is 1. The van der Waals surface area contributed by atoms with Gasteiger partial charge < -0.3 is 15.0 Å². The van der Waals surface area contributed by atoms with E-state index in [1.807, 2.05) is 6.92 Å². The Kier molecular flexibility index (Phi) is 7.66. The molecule has 3 rings (SSSR count). The van der Waals surface area contributed by atoms with Crippen molar-refractivity contribution in [1.82, 2.24) is 5.32 Å². The highest BCUT2D eigenvalue weighted by Crippen LogP contribution is 2.25. The summed E-state index contributed by atoms with van der Waals surface area (Å²) in [4.78, 5) is 14.7. The largest absolute Gasteiger partial charge is 0.484 e. The molecule has 1 aliphatic heterocycles. The van der Waals surface area contributed by atoms with Gasteiger partial charge in [-0.2, -0.15) is 0 Å². The standard InChI is InChI=1S/C24H33N3O4S/c1-18-6-5-15-27(16-18)22-9-7-20(8-10-22)19(2)25-24(28)17-31-23-13-11-21(12-14-23)26(3)32(4,29)30/h7-14,18-19H,5-6,15-17H2,1-4H3,(H,25,28)/t18-,19-/m0/s1. The lowest BCUT2D eigenvalue weighted by Crippen LogP contribution is -2.34. The molecule has 2 aromatic rings. The van der Waals surface area contributed by atoms with Gasteiger partial charge in [0.05, 0.1) is 18.0 Å². The quantitative estimate of drug-likeness (QED) is 0.653. The number of sulfonamides is 1. The van der Waals surface area contributed by atoms with Gasteiger partial charge in [0.1, 0.15) is 5.75 Å². The van der Waals surface area contributed by atoms with Crippen LogP contribution in [0.3, 0.4) is 0 Å². The van der Waals surface area contributed by atoms with E-state index >= 15 is 0 Å². The van der Waals surface area contributed by atoms with Crippen LogP contribution >= 0.6 is 0 Å². The number of amides is 1. The molecule has 1 fully saturated rings. The van der Waals surface area contributed by atoms with Crippen LogP contribution in [0, 0.1) is 5.92 Å².